The molecule has 5 rings (SSSR count). The summed E-state index contributed by atoms with van der Waals surface area (Å²) in [6.07, 6.45) is -1.99. The standard InChI is InChI=1S/C34H45F5N6O2/c1-6-21-15-25-27(9-8-24(21)29-30(34(37,38)39)19(3)14-26(40)31(29)36)41-33(47-13-10-23-16-22(35)18-43(23)5)42-32(25)45-12-11-44(17-20(45)4)28(46)7-2/h7,14,20-24H,2,6,8-13,15-18,40H2,1,3-5H3/t20-,21+,22+,23+,24+/m0/s1. The van der Waals surface area contributed by atoms with Crippen molar-refractivity contribution >= 4 is 17.4 Å². The van der Waals surface area contributed by atoms with Crippen LogP contribution in [0, 0.1) is 18.7 Å². The van der Waals surface area contributed by atoms with Crippen LogP contribution in [0.1, 0.15) is 73.4 Å². The molecule has 1 amide bonds. The molecule has 0 saturated carbocycles. The van der Waals surface area contributed by atoms with Crippen molar-refractivity contribution in [3.63, 3.8) is 0 Å². The molecule has 2 N–H and O–H groups in total. The van der Waals surface area contributed by atoms with E-state index in [4.69, 9.17) is 20.4 Å². The highest BCUT2D eigenvalue weighted by Gasteiger charge is 2.42. The summed E-state index contributed by atoms with van der Waals surface area (Å²) >= 11 is 0. The minimum Gasteiger partial charge on any atom is -0.463 e. The molecule has 0 unspecified atom stereocenters. The number of nitrogens with two attached hydrogens (primary N) is 1. The number of anilines is 2. The lowest BCUT2D eigenvalue weighted by atomic mass is 9.77. The number of amides is 1. The predicted molar refractivity (Wildman–Crippen MR) is 171 cm³/mol. The van der Waals surface area contributed by atoms with Gasteiger partial charge < -0.3 is 25.2 Å². The average Bonchev–Trinajstić information content (AvgIpc) is 3.21. The Kier molecular flexibility index (Phi) is 10.3. The number of hydrogen-bond acceptors (Lipinski definition) is 7. The second-order valence-corrected chi connectivity index (χ2v) is 13.3. The molecule has 2 aromatic rings. The van der Waals surface area contributed by atoms with Crippen LogP contribution < -0.4 is 15.4 Å². The highest BCUT2D eigenvalue weighted by molar-refractivity contribution is 5.87. The smallest absolute Gasteiger partial charge is 0.417 e. The molecule has 5 atom stereocenters. The fourth-order valence-electron chi connectivity index (χ4n) is 7.76. The molecular formula is C34H45F5N6O2. The number of likely N-dealkylation sites (tertiary alicyclic amines) is 1. The van der Waals surface area contributed by atoms with Gasteiger partial charge in [0.1, 0.15) is 17.8 Å². The Bertz CT molecular complexity index is 1490. The molecule has 0 bridgehead atoms. The van der Waals surface area contributed by atoms with E-state index in [0.717, 1.165) is 11.6 Å². The van der Waals surface area contributed by atoms with E-state index in [-0.39, 0.29) is 66.2 Å². The SMILES string of the molecule is C=CC(=O)N1CCN(c2nc(OCC[C@@H]3C[C@@H](F)CN3C)nc3c2C[C@@H](CC)[C@H](c2c(F)c(N)cc(C)c2C(F)(F)F)CC3)[C@@H](C)C1. The van der Waals surface area contributed by atoms with Gasteiger partial charge >= 0.3 is 12.2 Å². The average molecular weight is 665 g/mol. The van der Waals surface area contributed by atoms with E-state index in [1.807, 2.05) is 25.8 Å². The first-order valence-corrected chi connectivity index (χ1v) is 16.4. The molecule has 0 spiro atoms. The number of benzene rings is 1. The number of halogens is 5. The fraction of sp³-hybridized carbons (Fsp3) is 0.618. The van der Waals surface area contributed by atoms with Gasteiger partial charge in [-0.25, -0.2) is 8.78 Å². The first kappa shape index (κ1) is 34.8. The highest BCUT2D eigenvalue weighted by Crippen LogP contribution is 2.47. The topological polar surface area (TPSA) is 87.8 Å². The van der Waals surface area contributed by atoms with E-state index in [0.29, 0.717) is 63.4 Å². The van der Waals surface area contributed by atoms with Crippen molar-refractivity contribution in [3.8, 4) is 6.01 Å². The lowest BCUT2D eigenvalue weighted by molar-refractivity contribution is -0.139. The molecule has 1 aromatic heterocycles. The lowest BCUT2D eigenvalue weighted by Gasteiger charge is -2.41. The van der Waals surface area contributed by atoms with Crippen LogP contribution in [0.4, 0.5) is 33.5 Å². The van der Waals surface area contributed by atoms with Crippen molar-refractivity contribution in [2.45, 2.75) is 89.6 Å². The summed E-state index contributed by atoms with van der Waals surface area (Å²) in [5.74, 6) is -1.69. The van der Waals surface area contributed by atoms with E-state index < -0.39 is 29.6 Å². The minimum atomic E-state index is -4.76. The van der Waals surface area contributed by atoms with Gasteiger partial charge in [-0.3, -0.25) is 4.79 Å². The number of aryl methyl sites for hydroxylation is 2. The van der Waals surface area contributed by atoms with E-state index >= 15 is 4.39 Å². The molecule has 3 aliphatic rings. The van der Waals surface area contributed by atoms with Crippen molar-refractivity contribution in [2.24, 2.45) is 5.92 Å². The molecule has 0 radical (unpaired) electrons. The molecule has 13 heteroatoms. The molecule has 2 saturated heterocycles. The van der Waals surface area contributed by atoms with Crippen molar-refractivity contribution in [1.82, 2.24) is 19.8 Å². The quantitative estimate of drug-likeness (QED) is 0.164. The maximum Gasteiger partial charge on any atom is 0.417 e. The predicted octanol–water partition coefficient (Wildman–Crippen LogP) is 5.86. The largest absolute Gasteiger partial charge is 0.463 e. The zero-order valence-electron chi connectivity index (χ0n) is 27.5. The van der Waals surface area contributed by atoms with E-state index in [1.54, 1.807) is 4.90 Å². The second-order valence-electron chi connectivity index (χ2n) is 13.3. The zero-order chi connectivity index (χ0) is 34.2. The maximum atomic E-state index is 15.7. The number of piperazine rings is 1. The highest BCUT2D eigenvalue weighted by atomic mass is 19.4. The van der Waals surface area contributed by atoms with Gasteiger partial charge in [0, 0.05) is 49.4 Å². The number of aromatic nitrogens is 2. The number of rotatable bonds is 8. The number of ether oxygens (including phenoxy) is 1. The minimum absolute atomic E-state index is 0.0337. The number of carbonyl (C=O) groups excluding carboxylic acids is 1. The fourth-order valence-corrected chi connectivity index (χ4v) is 7.76. The van der Waals surface area contributed by atoms with Crippen LogP contribution >= 0.6 is 0 Å². The van der Waals surface area contributed by atoms with Crippen LogP contribution in [0.2, 0.25) is 0 Å². The monoisotopic (exact) mass is 664 g/mol. The first-order chi connectivity index (χ1) is 22.2. The Morgan fingerprint density at radius 2 is 1.98 bits per heavy atom. The van der Waals surface area contributed by atoms with Gasteiger partial charge in [-0.1, -0.05) is 19.9 Å². The molecule has 3 heterocycles. The Hall–Kier alpha value is -3.48. The van der Waals surface area contributed by atoms with Crippen LogP contribution in [-0.4, -0.2) is 83.8 Å². The Labute approximate surface area is 273 Å². The lowest BCUT2D eigenvalue weighted by Crippen LogP contribution is -2.54. The summed E-state index contributed by atoms with van der Waals surface area (Å²) < 4.78 is 79.1. The van der Waals surface area contributed by atoms with Crippen molar-refractivity contribution in [2.75, 3.05) is 50.5 Å². The summed E-state index contributed by atoms with van der Waals surface area (Å²) in [5, 5.41) is 0. The molecule has 258 valence electrons. The van der Waals surface area contributed by atoms with Gasteiger partial charge in [0.25, 0.3) is 0 Å². The number of hydrogen-bond donors (Lipinski definition) is 1. The van der Waals surface area contributed by atoms with Crippen LogP contribution in [0.25, 0.3) is 0 Å². The molecule has 1 aliphatic carbocycles. The van der Waals surface area contributed by atoms with E-state index in [2.05, 4.69) is 11.5 Å². The van der Waals surface area contributed by atoms with Crippen LogP contribution in [-0.2, 0) is 23.8 Å². The number of carbonyl (C=O) groups is 1. The first-order valence-electron chi connectivity index (χ1n) is 16.4. The summed E-state index contributed by atoms with van der Waals surface area (Å²) in [6, 6.07) is 1.09. The summed E-state index contributed by atoms with van der Waals surface area (Å²) in [7, 11) is 1.88. The third-order valence-electron chi connectivity index (χ3n) is 10.2. The number of alkyl halides is 4. The summed E-state index contributed by atoms with van der Waals surface area (Å²) in [5.41, 5.74) is 5.62. The van der Waals surface area contributed by atoms with Crippen molar-refractivity contribution < 1.29 is 31.5 Å². The Morgan fingerprint density at radius 3 is 2.60 bits per heavy atom. The Balaban J connectivity index is 1.52. The van der Waals surface area contributed by atoms with Gasteiger partial charge in [-0.15, -0.1) is 0 Å². The number of fused-ring (bicyclic) bond motifs is 1. The second kappa shape index (κ2) is 13.9. The molecule has 2 aliphatic heterocycles. The summed E-state index contributed by atoms with van der Waals surface area (Å²) in [6.45, 7) is 10.8. The molecule has 47 heavy (non-hydrogen) atoms. The number of nitrogens with zero attached hydrogens (tertiary/aromatic N) is 5. The van der Waals surface area contributed by atoms with Crippen molar-refractivity contribution in [1.29, 1.82) is 0 Å². The maximum absolute atomic E-state index is 15.7. The zero-order valence-corrected chi connectivity index (χ0v) is 27.5. The molecule has 2 fully saturated rings. The number of nitrogen functional groups attached to an aromatic ring is 1. The van der Waals surface area contributed by atoms with Gasteiger partial charge in [0.05, 0.1) is 23.6 Å². The summed E-state index contributed by atoms with van der Waals surface area (Å²) in [4.78, 5) is 27.8. The van der Waals surface area contributed by atoms with Gasteiger partial charge in [0.15, 0.2) is 0 Å². The van der Waals surface area contributed by atoms with E-state index in [9.17, 15) is 22.4 Å². The third kappa shape index (κ3) is 7.19. The van der Waals surface area contributed by atoms with Crippen LogP contribution in [0.5, 0.6) is 6.01 Å². The molecule has 1 aromatic carbocycles. The molecule has 8 nitrogen and oxygen atoms in total. The Morgan fingerprint density at radius 1 is 1.23 bits per heavy atom. The third-order valence-corrected chi connectivity index (χ3v) is 10.2. The van der Waals surface area contributed by atoms with Crippen LogP contribution in [0.15, 0.2) is 18.7 Å². The van der Waals surface area contributed by atoms with E-state index in [1.165, 1.54) is 13.0 Å². The van der Waals surface area contributed by atoms with Crippen LogP contribution in [0.3, 0.4) is 0 Å². The van der Waals surface area contributed by atoms with Gasteiger partial charge in [-0.2, -0.15) is 23.1 Å². The van der Waals surface area contributed by atoms with Gasteiger partial charge in [0.2, 0.25) is 5.91 Å². The normalized spacial score (nSPS) is 25.4. The van der Waals surface area contributed by atoms with Crippen molar-refractivity contribution in [3.05, 3.63) is 52.5 Å². The molecular weight excluding hydrogens is 619 g/mol. The van der Waals surface area contributed by atoms with Gasteiger partial charge in [-0.05, 0) is 82.5 Å².